The summed E-state index contributed by atoms with van der Waals surface area (Å²) in [4.78, 5) is 14.9. The number of hydrogen-bond acceptors (Lipinski definition) is 3. The predicted molar refractivity (Wildman–Crippen MR) is 109 cm³/mol. The van der Waals surface area contributed by atoms with Gasteiger partial charge in [-0.25, -0.2) is 4.79 Å². The molecule has 2 aliphatic heterocycles. The number of fused-ring (bicyclic) bond motifs is 2. The average Bonchev–Trinajstić information content (AvgIpc) is 3.23. The molecular weight excluding hydrogens is 352 g/mol. The van der Waals surface area contributed by atoms with E-state index < -0.39 is 0 Å². The summed E-state index contributed by atoms with van der Waals surface area (Å²) >= 11 is 0. The molecule has 2 heterocycles. The Morgan fingerprint density at radius 2 is 1.75 bits per heavy atom. The standard InChI is InChI=1S/C23H22N2O3/c26-23(24-19-9-7-16-4-1-2-5-17(16)14-19)25-11-3-6-20(25)18-8-10-21-22(15-18)28-13-12-27-21/h1-2,4-5,7-10,14-15,20H,3,6,11-13H2,(H,24,26). The van der Waals surface area contributed by atoms with E-state index in [1.807, 2.05) is 53.4 Å². The van der Waals surface area contributed by atoms with Crippen LogP contribution in [0.1, 0.15) is 24.4 Å². The molecule has 1 atom stereocenters. The average molecular weight is 374 g/mol. The molecule has 5 rings (SSSR count). The molecule has 0 saturated carbocycles. The Labute approximate surface area is 163 Å². The van der Waals surface area contributed by atoms with Gasteiger partial charge in [0.1, 0.15) is 13.2 Å². The van der Waals surface area contributed by atoms with E-state index in [1.54, 1.807) is 0 Å². The van der Waals surface area contributed by atoms with Gasteiger partial charge in [-0.3, -0.25) is 0 Å². The third kappa shape index (κ3) is 3.13. The summed E-state index contributed by atoms with van der Waals surface area (Å²) < 4.78 is 11.3. The first-order valence-electron chi connectivity index (χ1n) is 9.74. The highest BCUT2D eigenvalue weighted by atomic mass is 16.6. The maximum absolute atomic E-state index is 13.0. The van der Waals surface area contributed by atoms with Gasteiger partial charge in [0.2, 0.25) is 0 Å². The number of amides is 2. The van der Waals surface area contributed by atoms with Crippen molar-refractivity contribution in [1.82, 2.24) is 4.90 Å². The number of likely N-dealkylation sites (tertiary alicyclic amines) is 1. The van der Waals surface area contributed by atoms with E-state index in [0.717, 1.165) is 52.9 Å². The van der Waals surface area contributed by atoms with Gasteiger partial charge in [0, 0.05) is 12.2 Å². The number of nitrogens with zero attached hydrogens (tertiary/aromatic N) is 1. The van der Waals surface area contributed by atoms with Gasteiger partial charge < -0.3 is 19.7 Å². The Kier molecular flexibility index (Phi) is 4.28. The molecule has 142 valence electrons. The van der Waals surface area contributed by atoms with E-state index >= 15 is 0 Å². The molecule has 0 spiro atoms. The number of nitrogens with one attached hydrogen (secondary N) is 1. The molecule has 3 aromatic rings. The van der Waals surface area contributed by atoms with Crippen LogP contribution in [-0.4, -0.2) is 30.7 Å². The first kappa shape index (κ1) is 16.9. The summed E-state index contributed by atoms with van der Waals surface area (Å²) in [6.07, 6.45) is 1.94. The number of anilines is 1. The lowest BCUT2D eigenvalue weighted by molar-refractivity contribution is 0.170. The molecule has 5 nitrogen and oxygen atoms in total. The zero-order valence-electron chi connectivity index (χ0n) is 15.6. The van der Waals surface area contributed by atoms with Crippen LogP contribution >= 0.6 is 0 Å². The highest BCUT2D eigenvalue weighted by Crippen LogP contribution is 2.38. The Hall–Kier alpha value is -3.21. The molecule has 3 aromatic carbocycles. The summed E-state index contributed by atoms with van der Waals surface area (Å²) in [5.74, 6) is 1.55. The van der Waals surface area contributed by atoms with Crippen LogP contribution < -0.4 is 14.8 Å². The quantitative estimate of drug-likeness (QED) is 0.688. The molecule has 2 aliphatic rings. The van der Waals surface area contributed by atoms with Crippen molar-refractivity contribution in [3.05, 3.63) is 66.2 Å². The van der Waals surface area contributed by atoms with Crippen molar-refractivity contribution >= 4 is 22.5 Å². The van der Waals surface area contributed by atoms with Crippen molar-refractivity contribution in [2.45, 2.75) is 18.9 Å². The van der Waals surface area contributed by atoms with Gasteiger partial charge in [-0.05, 0) is 53.4 Å². The number of rotatable bonds is 2. The topological polar surface area (TPSA) is 50.8 Å². The maximum Gasteiger partial charge on any atom is 0.322 e. The summed E-state index contributed by atoms with van der Waals surface area (Å²) in [6, 6.07) is 20.1. The van der Waals surface area contributed by atoms with Crippen LogP contribution in [0.3, 0.4) is 0 Å². The number of benzene rings is 3. The monoisotopic (exact) mass is 374 g/mol. The summed E-state index contributed by atoms with van der Waals surface area (Å²) in [5, 5.41) is 5.35. The minimum absolute atomic E-state index is 0.0521. The van der Waals surface area contributed by atoms with E-state index in [9.17, 15) is 4.79 Å². The zero-order valence-corrected chi connectivity index (χ0v) is 15.6. The minimum Gasteiger partial charge on any atom is -0.486 e. The Bertz CT molecular complexity index is 1030. The fourth-order valence-corrected chi connectivity index (χ4v) is 4.09. The van der Waals surface area contributed by atoms with E-state index in [1.165, 1.54) is 0 Å². The van der Waals surface area contributed by atoms with Gasteiger partial charge in [-0.1, -0.05) is 36.4 Å². The minimum atomic E-state index is -0.0623. The second-order valence-electron chi connectivity index (χ2n) is 7.25. The number of ether oxygens (including phenoxy) is 2. The van der Waals surface area contributed by atoms with Crippen LogP contribution in [0.15, 0.2) is 60.7 Å². The Morgan fingerprint density at radius 3 is 2.64 bits per heavy atom. The lowest BCUT2D eigenvalue weighted by Crippen LogP contribution is -2.34. The van der Waals surface area contributed by atoms with Crippen molar-refractivity contribution in [3.8, 4) is 11.5 Å². The molecule has 0 aliphatic carbocycles. The predicted octanol–water partition coefficient (Wildman–Crippen LogP) is 4.98. The van der Waals surface area contributed by atoms with Crippen LogP contribution in [0.2, 0.25) is 0 Å². The Morgan fingerprint density at radius 1 is 0.929 bits per heavy atom. The normalized spacial score (nSPS) is 18.3. The molecule has 0 radical (unpaired) electrons. The first-order valence-corrected chi connectivity index (χ1v) is 9.74. The maximum atomic E-state index is 13.0. The fourth-order valence-electron chi connectivity index (χ4n) is 4.09. The van der Waals surface area contributed by atoms with Gasteiger partial charge in [0.25, 0.3) is 0 Å². The second kappa shape index (κ2) is 7.08. The van der Waals surface area contributed by atoms with Crippen molar-refractivity contribution < 1.29 is 14.3 Å². The molecule has 5 heteroatoms. The third-order valence-electron chi connectivity index (χ3n) is 5.47. The molecular formula is C23H22N2O3. The lowest BCUT2D eigenvalue weighted by atomic mass is 10.0. The van der Waals surface area contributed by atoms with E-state index in [0.29, 0.717) is 13.2 Å². The van der Waals surface area contributed by atoms with Crippen molar-refractivity contribution in [1.29, 1.82) is 0 Å². The van der Waals surface area contributed by atoms with Gasteiger partial charge in [0.05, 0.1) is 6.04 Å². The van der Waals surface area contributed by atoms with Crippen LogP contribution in [0.5, 0.6) is 11.5 Å². The molecule has 0 bridgehead atoms. The molecule has 1 N–H and O–H groups in total. The van der Waals surface area contributed by atoms with Crippen LogP contribution in [0.4, 0.5) is 10.5 Å². The van der Waals surface area contributed by atoms with Gasteiger partial charge in [0.15, 0.2) is 11.5 Å². The molecule has 1 unspecified atom stereocenters. The van der Waals surface area contributed by atoms with Crippen LogP contribution in [0, 0.1) is 0 Å². The number of hydrogen-bond donors (Lipinski definition) is 1. The van der Waals surface area contributed by atoms with Crippen LogP contribution in [0.25, 0.3) is 10.8 Å². The van der Waals surface area contributed by atoms with Crippen LogP contribution in [-0.2, 0) is 0 Å². The van der Waals surface area contributed by atoms with Gasteiger partial charge in [-0.2, -0.15) is 0 Å². The first-order chi connectivity index (χ1) is 13.8. The molecule has 1 saturated heterocycles. The number of urea groups is 1. The van der Waals surface area contributed by atoms with E-state index in [4.69, 9.17) is 9.47 Å². The van der Waals surface area contributed by atoms with E-state index in [-0.39, 0.29) is 12.1 Å². The molecule has 1 fully saturated rings. The highest BCUT2D eigenvalue weighted by molar-refractivity contribution is 5.93. The second-order valence-corrected chi connectivity index (χ2v) is 7.25. The van der Waals surface area contributed by atoms with Crippen molar-refractivity contribution in [2.75, 3.05) is 25.1 Å². The molecule has 2 amide bonds. The summed E-state index contributed by atoms with van der Waals surface area (Å²) in [7, 11) is 0. The zero-order chi connectivity index (χ0) is 18.9. The van der Waals surface area contributed by atoms with Crippen molar-refractivity contribution in [3.63, 3.8) is 0 Å². The lowest BCUT2D eigenvalue weighted by Gasteiger charge is -2.27. The smallest absolute Gasteiger partial charge is 0.322 e. The summed E-state index contributed by atoms with van der Waals surface area (Å²) in [5.41, 5.74) is 1.91. The van der Waals surface area contributed by atoms with Gasteiger partial charge in [-0.15, -0.1) is 0 Å². The number of carbonyl (C=O) groups excluding carboxylic acids is 1. The SMILES string of the molecule is O=C(Nc1ccc2ccccc2c1)N1CCCC1c1ccc2c(c1)OCCO2. The highest BCUT2D eigenvalue weighted by Gasteiger charge is 2.31. The van der Waals surface area contributed by atoms with Gasteiger partial charge >= 0.3 is 6.03 Å². The largest absolute Gasteiger partial charge is 0.486 e. The molecule has 0 aromatic heterocycles. The van der Waals surface area contributed by atoms with E-state index in [2.05, 4.69) is 17.4 Å². The summed E-state index contributed by atoms with van der Waals surface area (Å²) in [6.45, 7) is 1.89. The Balaban J connectivity index is 1.36. The molecule has 28 heavy (non-hydrogen) atoms. The van der Waals surface area contributed by atoms with Crippen molar-refractivity contribution in [2.24, 2.45) is 0 Å². The fraction of sp³-hybridized carbons (Fsp3) is 0.261. The number of carbonyl (C=O) groups is 1. The third-order valence-corrected chi connectivity index (χ3v) is 5.47.